The molecule has 584 valence electrons. The van der Waals surface area contributed by atoms with Crippen LogP contribution < -0.4 is 47.7 Å². The Bertz CT molecular complexity index is 3310. The van der Waals surface area contributed by atoms with E-state index in [2.05, 4.69) is 37.2 Å². The van der Waals surface area contributed by atoms with E-state index < -0.39 is 126 Å². The molecule has 0 radical (unpaired) electrons. The number of nitrogens with two attached hydrogens (primary N) is 1. The van der Waals surface area contributed by atoms with Crippen LogP contribution in [0.1, 0.15) is 136 Å². The lowest BCUT2D eigenvalue weighted by Gasteiger charge is -2.41. The second-order valence-corrected chi connectivity index (χ2v) is 27.9. The number of likely N-dealkylation sites (N-methyl/N-ethyl adjacent to an activating group) is 3. The molecule has 31 nitrogen and oxygen atoms in total. The number of nitrogens with one attached hydrogen (secondary N) is 7. The number of ether oxygens (including phenoxy) is 5. The first-order valence-electron chi connectivity index (χ1n) is 35.7. The maximum absolute atomic E-state index is 15.0. The molecule has 13 amide bonds. The summed E-state index contributed by atoms with van der Waals surface area (Å²) in [7, 11) is 10.7. The predicted molar refractivity (Wildman–Crippen MR) is 387 cm³/mol. The normalized spacial score (nSPS) is 16.8. The lowest BCUT2D eigenvalue weighted by atomic mass is 9.89. The summed E-state index contributed by atoms with van der Waals surface area (Å²) in [5.74, 6) is -7.71. The Kier molecular flexibility index (Phi) is 36.3. The Morgan fingerprint density at radius 1 is 0.714 bits per heavy atom. The van der Waals surface area contributed by atoms with Gasteiger partial charge >= 0.3 is 18.2 Å². The Morgan fingerprint density at radius 2 is 1.37 bits per heavy atom. The van der Waals surface area contributed by atoms with Crippen molar-refractivity contribution in [2.45, 2.75) is 181 Å². The van der Waals surface area contributed by atoms with Crippen LogP contribution in [0.25, 0.3) is 0 Å². The maximum Gasteiger partial charge on any atom is 0.409 e. The monoisotopic (exact) mass is 1480 g/mol. The van der Waals surface area contributed by atoms with E-state index in [4.69, 9.17) is 29.4 Å². The van der Waals surface area contributed by atoms with E-state index in [9.17, 15) is 61.9 Å². The van der Waals surface area contributed by atoms with E-state index in [-0.39, 0.29) is 130 Å². The van der Waals surface area contributed by atoms with Crippen molar-refractivity contribution in [1.29, 1.82) is 0 Å². The number of Topliss-reactive ketones (excluding diaryl/α,β-unsaturated/α-hetero) is 1. The van der Waals surface area contributed by atoms with Gasteiger partial charge in [0.2, 0.25) is 41.4 Å². The number of rotatable bonds is 43. The van der Waals surface area contributed by atoms with E-state index >= 15 is 4.79 Å². The number of primary amides is 1. The Morgan fingerprint density at radius 3 is 1.94 bits per heavy atom. The summed E-state index contributed by atoms with van der Waals surface area (Å²) in [5.41, 5.74) is 6.07. The lowest BCUT2D eigenvalue weighted by Crippen LogP contribution is -2.59. The first-order valence-corrected chi connectivity index (χ1v) is 35.7. The molecule has 32 heteroatoms. The number of imide groups is 1. The fourth-order valence-corrected chi connectivity index (χ4v) is 12.7. The van der Waals surface area contributed by atoms with Crippen LogP contribution in [0.5, 0.6) is 5.75 Å². The molecule has 0 spiro atoms. The molecule has 2 unspecified atom stereocenters. The number of halogens is 1. The Labute approximate surface area is 615 Å². The molecule has 2 aromatic rings. The van der Waals surface area contributed by atoms with Crippen molar-refractivity contribution in [2.75, 3.05) is 94.1 Å². The van der Waals surface area contributed by atoms with Gasteiger partial charge in [-0.3, -0.25) is 57.7 Å². The van der Waals surface area contributed by atoms with Crippen LogP contribution in [0.2, 0.25) is 0 Å². The lowest BCUT2D eigenvalue weighted by molar-refractivity contribution is -0.148. The molecule has 105 heavy (non-hydrogen) atoms. The number of amides is 13. The SMILES string of the molecule is CC[C@H](C)C([C@@H](CC(=O)N1C[C@@H](OC(=O)NCCN(C)C(=O)OCc2ccc(NC(=O)C(CCCNC(N)=O)NC(=O)[C@@H](NC(=O)CCCCCN3C(=O)C=CC3=O)C(C)C)cc2)C[C@H]1[C@H](OC)[C@@H](C)C(=O)NCC(=O)c1ccc(OC)c(F)c1)OC)N(C)C(=O)[C@@H](NC(=O)[C@H](C(C)C)N(C)C)C(C)C. The molecule has 2 heterocycles. The summed E-state index contributed by atoms with van der Waals surface area (Å²) in [6.07, 6.45) is -0.0967. The smallest absolute Gasteiger partial charge is 0.409 e. The fraction of sp³-hybridized carbons (Fsp3) is 0.630. The van der Waals surface area contributed by atoms with Gasteiger partial charge in [0.15, 0.2) is 17.3 Å². The first kappa shape index (κ1) is 88.1. The standard InChI is InChI=1S/C73H112FN13O18/c1-17-45(8)64(85(13)70(97)62(43(4)5)82-69(96)63(44(6)7)83(10)11)56(102-15)38-60(92)87-40-50(37-53(87)65(103-16)46(9)66(93)78-39-54(88)48-26-29-55(101-14)51(74)36-48)105-72(99)77-33-35-84(12)73(100)104-41-47-24-27-49(28-25-47)79-67(94)52(22-21-32-76-71(75)98)80-68(95)61(42(2)3)81-57(89)23-19-18-20-34-86-58(90)30-31-59(86)91/h24-31,36,42-46,50,52-53,56,61-65H,17-23,32-35,37-41H2,1-16H3,(H,77,99)(H,78,93)(H,79,94)(H,80,95)(H,81,89)(H,82,96)(H3,75,76,98)/t45-,46+,50-,52?,53-,56+,61-,62-,63-,64?,65+/m0/s1. The average Bonchev–Trinajstić information content (AvgIpc) is 1.74. The van der Waals surface area contributed by atoms with Gasteiger partial charge in [-0.15, -0.1) is 0 Å². The molecule has 2 aromatic carbocycles. The summed E-state index contributed by atoms with van der Waals surface area (Å²) >= 11 is 0. The summed E-state index contributed by atoms with van der Waals surface area (Å²) < 4.78 is 43.1. The highest BCUT2D eigenvalue weighted by Gasteiger charge is 2.47. The van der Waals surface area contributed by atoms with E-state index in [0.717, 1.165) is 11.0 Å². The number of methoxy groups -OCH3 is 3. The fourth-order valence-electron chi connectivity index (χ4n) is 12.7. The second kappa shape index (κ2) is 43.2. The molecule has 4 rings (SSSR count). The van der Waals surface area contributed by atoms with Crippen molar-refractivity contribution >= 4 is 82.9 Å². The molecule has 0 aliphatic carbocycles. The molecule has 11 atom stereocenters. The highest BCUT2D eigenvalue weighted by molar-refractivity contribution is 6.13. The van der Waals surface area contributed by atoms with Gasteiger partial charge in [0.05, 0.1) is 62.9 Å². The van der Waals surface area contributed by atoms with Crippen molar-refractivity contribution in [2.24, 2.45) is 35.3 Å². The molecule has 0 aromatic heterocycles. The van der Waals surface area contributed by atoms with Crippen molar-refractivity contribution in [3.8, 4) is 5.75 Å². The Balaban J connectivity index is 1.42. The number of hydrogen-bond acceptors (Lipinski definition) is 19. The van der Waals surface area contributed by atoms with Crippen LogP contribution in [-0.2, 0) is 68.7 Å². The predicted octanol–water partition coefficient (Wildman–Crippen LogP) is 4.25. The topological polar surface area (TPSA) is 394 Å². The van der Waals surface area contributed by atoms with Gasteiger partial charge in [0, 0.05) is 90.7 Å². The number of ketones is 1. The molecule has 9 N–H and O–H groups in total. The summed E-state index contributed by atoms with van der Waals surface area (Å²) in [6, 6.07) is 3.99. The molecular weight excluding hydrogens is 1370 g/mol. The second-order valence-electron chi connectivity index (χ2n) is 27.9. The highest BCUT2D eigenvalue weighted by atomic mass is 19.1. The van der Waals surface area contributed by atoms with E-state index in [1.165, 1.54) is 67.4 Å². The summed E-state index contributed by atoms with van der Waals surface area (Å²) in [5, 5.41) is 18.9. The number of likely N-dealkylation sites (tertiary alicyclic amines) is 1. The van der Waals surface area contributed by atoms with Gasteiger partial charge in [-0.1, -0.05) is 87.3 Å². The molecular formula is C73H112FN13O18. The Hall–Kier alpha value is -9.30. The van der Waals surface area contributed by atoms with Crippen molar-refractivity contribution in [3.63, 3.8) is 0 Å². The molecule has 1 fully saturated rings. The number of carbonyl (C=O) groups is 13. The quantitative estimate of drug-likeness (QED) is 0.0261. The third kappa shape index (κ3) is 27.0. The van der Waals surface area contributed by atoms with Crippen LogP contribution in [-0.4, -0.2) is 245 Å². The van der Waals surface area contributed by atoms with Gasteiger partial charge < -0.3 is 81.3 Å². The maximum atomic E-state index is 15.0. The number of carbonyl (C=O) groups excluding carboxylic acids is 13. The van der Waals surface area contributed by atoms with Crippen molar-refractivity contribution in [1.82, 2.24) is 56.4 Å². The van der Waals surface area contributed by atoms with Gasteiger partial charge in [-0.25, -0.2) is 18.8 Å². The van der Waals surface area contributed by atoms with Crippen LogP contribution in [0, 0.1) is 35.4 Å². The summed E-state index contributed by atoms with van der Waals surface area (Å²) in [4.78, 5) is 180. The van der Waals surface area contributed by atoms with Gasteiger partial charge in [0.25, 0.3) is 11.8 Å². The molecule has 2 aliphatic rings. The number of anilines is 1. The zero-order chi connectivity index (χ0) is 78.5. The number of hydrogen-bond donors (Lipinski definition) is 8. The number of unbranched alkanes of at least 4 members (excludes halogenated alkanes) is 2. The van der Waals surface area contributed by atoms with Crippen LogP contribution >= 0.6 is 0 Å². The molecule has 0 bridgehead atoms. The van der Waals surface area contributed by atoms with Crippen molar-refractivity contribution < 1.29 is 90.4 Å². The van der Waals surface area contributed by atoms with E-state index in [1.807, 2.05) is 41.5 Å². The third-order valence-electron chi connectivity index (χ3n) is 18.8. The number of alkyl carbamates (subject to hydrolysis) is 1. The highest BCUT2D eigenvalue weighted by Crippen LogP contribution is 2.32. The van der Waals surface area contributed by atoms with Crippen molar-refractivity contribution in [3.05, 3.63) is 71.6 Å². The number of urea groups is 1. The zero-order valence-corrected chi connectivity index (χ0v) is 63.6. The average molecular weight is 1480 g/mol. The molecule has 1 saturated heterocycles. The van der Waals surface area contributed by atoms with Gasteiger partial charge in [-0.2, -0.15) is 0 Å². The largest absolute Gasteiger partial charge is 0.494 e. The molecule has 0 saturated carbocycles. The van der Waals surface area contributed by atoms with Gasteiger partial charge in [-0.05, 0) is 99.3 Å². The van der Waals surface area contributed by atoms with E-state index in [0.29, 0.717) is 36.9 Å². The first-order chi connectivity index (χ1) is 49.6. The minimum atomic E-state index is -1.12. The third-order valence-corrected chi connectivity index (χ3v) is 18.8. The summed E-state index contributed by atoms with van der Waals surface area (Å²) in [6.45, 7) is 15.7. The van der Waals surface area contributed by atoms with Gasteiger partial charge in [0.1, 0.15) is 30.8 Å². The molecule has 2 aliphatic heterocycles. The zero-order valence-electron chi connectivity index (χ0n) is 63.6. The van der Waals surface area contributed by atoms with Crippen LogP contribution in [0.4, 0.5) is 24.5 Å². The van der Waals surface area contributed by atoms with E-state index in [1.54, 1.807) is 71.1 Å². The number of benzene rings is 2. The van der Waals surface area contributed by atoms with Crippen LogP contribution in [0.3, 0.4) is 0 Å². The van der Waals surface area contributed by atoms with Crippen LogP contribution in [0.15, 0.2) is 54.6 Å². The number of nitrogens with zero attached hydrogens (tertiary/aromatic N) is 5. The minimum Gasteiger partial charge on any atom is -0.494 e. The minimum absolute atomic E-state index is 0.0140.